The van der Waals surface area contributed by atoms with Crippen molar-refractivity contribution in [1.82, 2.24) is 0 Å². The van der Waals surface area contributed by atoms with Gasteiger partial charge in [-0.1, -0.05) is 18.5 Å². The fourth-order valence-electron chi connectivity index (χ4n) is 2.52. The highest BCUT2D eigenvalue weighted by Crippen LogP contribution is 2.23. The van der Waals surface area contributed by atoms with Gasteiger partial charge in [0.1, 0.15) is 17.1 Å². The summed E-state index contributed by atoms with van der Waals surface area (Å²) >= 11 is 5.67. The number of anilines is 1. The van der Waals surface area contributed by atoms with E-state index in [0.29, 0.717) is 17.8 Å². The van der Waals surface area contributed by atoms with E-state index in [1.54, 1.807) is 18.2 Å². The molecule has 3 rings (SSSR count). The molecule has 2 aromatic carbocycles. The number of hydrogen-bond donors (Lipinski definition) is 1. The molecule has 3 aromatic rings. The molecule has 0 spiro atoms. The van der Waals surface area contributed by atoms with Gasteiger partial charge in [-0.05, 0) is 42.3 Å². The maximum absolute atomic E-state index is 13.7. The summed E-state index contributed by atoms with van der Waals surface area (Å²) in [6.07, 6.45) is 0.692. The Morgan fingerprint density at radius 1 is 1.23 bits per heavy atom. The smallest absolute Gasteiger partial charge is 0.336 e. The lowest BCUT2D eigenvalue weighted by Gasteiger charge is -2.09. The van der Waals surface area contributed by atoms with E-state index in [1.807, 2.05) is 6.92 Å². The first-order valence-electron chi connectivity index (χ1n) is 7.90. The Labute approximate surface area is 153 Å². The monoisotopic (exact) mass is 375 g/mol. The molecule has 0 saturated carbocycles. The van der Waals surface area contributed by atoms with Crippen molar-refractivity contribution in [3.8, 4) is 5.75 Å². The number of fused-ring (bicyclic) bond motifs is 1. The molecule has 0 fully saturated rings. The molecule has 0 aliphatic heterocycles. The van der Waals surface area contributed by atoms with E-state index in [4.69, 9.17) is 20.8 Å². The van der Waals surface area contributed by atoms with Gasteiger partial charge in [-0.2, -0.15) is 0 Å². The molecule has 1 aromatic heterocycles. The van der Waals surface area contributed by atoms with Gasteiger partial charge in [0.05, 0.1) is 5.69 Å². The summed E-state index contributed by atoms with van der Waals surface area (Å²) in [6.45, 7) is 1.62. The maximum Gasteiger partial charge on any atom is 0.336 e. The number of halogens is 2. The van der Waals surface area contributed by atoms with Gasteiger partial charge in [-0.15, -0.1) is 0 Å². The molecular weight excluding hydrogens is 361 g/mol. The minimum atomic E-state index is -0.634. The number of amides is 1. The standard InChI is InChI=1S/C19H15ClFNO4/c1-2-11-7-19(24)26-17-9-13(4-5-14(11)17)25-10-18(23)22-16-6-3-12(20)8-15(16)21/h3-9H,2,10H2,1H3,(H,22,23). The topological polar surface area (TPSA) is 68.5 Å². The Kier molecular flexibility index (Phi) is 5.23. The molecule has 134 valence electrons. The van der Waals surface area contributed by atoms with Gasteiger partial charge in [-0.3, -0.25) is 4.79 Å². The van der Waals surface area contributed by atoms with Crippen LogP contribution < -0.4 is 15.7 Å². The molecule has 1 heterocycles. The van der Waals surface area contributed by atoms with Gasteiger partial charge >= 0.3 is 5.63 Å². The molecule has 1 N–H and O–H groups in total. The van der Waals surface area contributed by atoms with Gasteiger partial charge in [0.25, 0.3) is 5.91 Å². The molecule has 1 amide bonds. The van der Waals surface area contributed by atoms with E-state index in [0.717, 1.165) is 17.0 Å². The van der Waals surface area contributed by atoms with Crippen molar-refractivity contribution in [2.24, 2.45) is 0 Å². The van der Waals surface area contributed by atoms with Crippen LogP contribution in [0.5, 0.6) is 5.75 Å². The van der Waals surface area contributed by atoms with Crippen LogP contribution in [0.2, 0.25) is 5.02 Å². The number of nitrogens with one attached hydrogen (secondary N) is 1. The van der Waals surface area contributed by atoms with Crippen LogP contribution in [0.3, 0.4) is 0 Å². The van der Waals surface area contributed by atoms with Crippen LogP contribution >= 0.6 is 11.6 Å². The van der Waals surface area contributed by atoms with Crippen molar-refractivity contribution in [3.05, 3.63) is 69.3 Å². The highest BCUT2D eigenvalue weighted by Gasteiger charge is 2.10. The Balaban J connectivity index is 1.71. The summed E-state index contributed by atoms with van der Waals surface area (Å²) in [5.74, 6) is -0.805. The SMILES string of the molecule is CCc1cc(=O)oc2cc(OCC(=O)Nc3ccc(Cl)cc3F)ccc12. The third kappa shape index (κ3) is 4.03. The van der Waals surface area contributed by atoms with Gasteiger partial charge < -0.3 is 14.5 Å². The Morgan fingerprint density at radius 2 is 2.04 bits per heavy atom. The lowest BCUT2D eigenvalue weighted by Crippen LogP contribution is -2.20. The van der Waals surface area contributed by atoms with Crippen molar-refractivity contribution in [2.75, 3.05) is 11.9 Å². The van der Waals surface area contributed by atoms with Crippen LogP contribution in [0.1, 0.15) is 12.5 Å². The molecule has 0 unspecified atom stereocenters. The zero-order chi connectivity index (χ0) is 18.7. The quantitative estimate of drug-likeness (QED) is 0.680. The van der Waals surface area contributed by atoms with Crippen molar-refractivity contribution >= 4 is 34.2 Å². The van der Waals surface area contributed by atoms with Crippen LogP contribution in [-0.4, -0.2) is 12.5 Å². The van der Waals surface area contributed by atoms with Crippen LogP contribution in [0.15, 0.2) is 51.7 Å². The highest BCUT2D eigenvalue weighted by atomic mass is 35.5. The first-order valence-corrected chi connectivity index (χ1v) is 8.28. The van der Waals surface area contributed by atoms with Gasteiger partial charge in [0.15, 0.2) is 6.61 Å². The molecule has 7 heteroatoms. The Hall–Kier alpha value is -2.86. The van der Waals surface area contributed by atoms with Crippen LogP contribution in [0, 0.1) is 5.82 Å². The van der Waals surface area contributed by atoms with Gasteiger partial charge in [0.2, 0.25) is 0 Å². The minimum absolute atomic E-state index is 0.0140. The van der Waals surface area contributed by atoms with E-state index in [9.17, 15) is 14.0 Å². The normalized spacial score (nSPS) is 10.7. The molecule has 26 heavy (non-hydrogen) atoms. The summed E-state index contributed by atoms with van der Waals surface area (Å²) in [4.78, 5) is 23.5. The van der Waals surface area contributed by atoms with Crippen molar-refractivity contribution in [3.63, 3.8) is 0 Å². The zero-order valence-electron chi connectivity index (χ0n) is 13.8. The fourth-order valence-corrected chi connectivity index (χ4v) is 2.68. The Bertz CT molecular complexity index is 1030. The lowest BCUT2D eigenvalue weighted by atomic mass is 10.1. The lowest BCUT2D eigenvalue weighted by molar-refractivity contribution is -0.118. The van der Waals surface area contributed by atoms with E-state index >= 15 is 0 Å². The third-order valence-corrected chi connectivity index (χ3v) is 3.99. The second kappa shape index (κ2) is 7.58. The first-order chi connectivity index (χ1) is 12.5. The van der Waals surface area contributed by atoms with E-state index in [1.165, 1.54) is 18.2 Å². The highest BCUT2D eigenvalue weighted by molar-refractivity contribution is 6.30. The minimum Gasteiger partial charge on any atom is -0.484 e. The molecule has 0 aliphatic rings. The number of carbonyl (C=O) groups excluding carboxylic acids is 1. The zero-order valence-corrected chi connectivity index (χ0v) is 14.6. The second-order valence-electron chi connectivity index (χ2n) is 5.56. The maximum atomic E-state index is 13.7. The summed E-state index contributed by atoms with van der Waals surface area (Å²) in [6, 6.07) is 10.4. The molecule has 0 bridgehead atoms. The first kappa shape index (κ1) is 17.9. The largest absolute Gasteiger partial charge is 0.484 e. The number of hydrogen-bond acceptors (Lipinski definition) is 4. The number of ether oxygens (including phenoxy) is 1. The predicted octanol–water partition coefficient (Wildman–Crippen LogP) is 4.17. The van der Waals surface area contributed by atoms with Crippen molar-refractivity contribution in [2.45, 2.75) is 13.3 Å². The van der Waals surface area contributed by atoms with E-state index in [-0.39, 0.29) is 17.3 Å². The summed E-state index contributed by atoms with van der Waals surface area (Å²) < 4.78 is 24.3. The second-order valence-corrected chi connectivity index (χ2v) is 6.00. The number of benzene rings is 2. The molecule has 0 atom stereocenters. The number of aryl methyl sites for hydroxylation is 1. The average molecular weight is 376 g/mol. The Morgan fingerprint density at radius 3 is 2.77 bits per heavy atom. The molecule has 0 aliphatic carbocycles. The van der Waals surface area contributed by atoms with Crippen molar-refractivity contribution < 1.29 is 18.3 Å². The van der Waals surface area contributed by atoms with Gasteiger partial charge in [0, 0.05) is 22.5 Å². The van der Waals surface area contributed by atoms with Crippen LogP contribution in [0.4, 0.5) is 10.1 Å². The van der Waals surface area contributed by atoms with Crippen LogP contribution in [-0.2, 0) is 11.2 Å². The van der Waals surface area contributed by atoms with Crippen LogP contribution in [0.25, 0.3) is 11.0 Å². The van der Waals surface area contributed by atoms with Crippen molar-refractivity contribution in [1.29, 1.82) is 0 Å². The fraction of sp³-hybridized carbons (Fsp3) is 0.158. The average Bonchev–Trinajstić information content (AvgIpc) is 2.61. The van der Waals surface area contributed by atoms with Gasteiger partial charge in [-0.25, -0.2) is 9.18 Å². The number of rotatable bonds is 5. The van der Waals surface area contributed by atoms with E-state index in [2.05, 4.69) is 5.32 Å². The molecule has 0 saturated heterocycles. The predicted molar refractivity (Wildman–Crippen MR) is 97.4 cm³/mol. The molecule has 5 nitrogen and oxygen atoms in total. The summed E-state index contributed by atoms with van der Waals surface area (Å²) in [5.41, 5.74) is 0.831. The molecular formula is C19H15ClFNO4. The summed E-state index contributed by atoms with van der Waals surface area (Å²) in [7, 11) is 0. The molecule has 0 radical (unpaired) electrons. The van der Waals surface area contributed by atoms with E-state index < -0.39 is 17.3 Å². The third-order valence-electron chi connectivity index (χ3n) is 3.76. The number of carbonyl (C=O) groups is 1. The summed E-state index contributed by atoms with van der Waals surface area (Å²) in [5, 5.41) is 3.45.